The summed E-state index contributed by atoms with van der Waals surface area (Å²) in [6.45, 7) is 2.01. The summed E-state index contributed by atoms with van der Waals surface area (Å²) in [5.41, 5.74) is 6.35. The predicted octanol–water partition coefficient (Wildman–Crippen LogP) is 2.58. The van der Waals surface area contributed by atoms with Crippen LogP contribution in [0.3, 0.4) is 0 Å². The quantitative estimate of drug-likeness (QED) is 0.809. The molecule has 17 heavy (non-hydrogen) atoms. The molecule has 0 fully saturated rings. The monoisotopic (exact) mass is 243 g/mol. The Morgan fingerprint density at radius 2 is 1.82 bits per heavy atom. The van der Waals surface area contributed by atoms with Crippen molar-refractivity contribution in [1.29, 1.82) is 0 Å². The fourth-order valence-corrected chi connectivity index (χ4v) is 1.41. The van der Waals surface area contributed by atoms with Gasteiger partial charge in [0.2, 0.25) is 0 Å². The van der Waals surface area contributed by atoms with Gasteiger partial charge in [-0.1, -0.05) is 24.3 Å². The molecule has 0 aliphatic heterocycles. The average Bonchev–Trinajstić information content (AvgIpc) is 2.29. The molecule has 0 spiro atoms. The summed E-state index contributed by atoms with van der Waals surface area (Å²) in [7, 11) is 0. The van der Waals surface area contributed by atoms with Gasteiger partial charge in [-0.25, -0.2) is 8.78 Å². The minimum Gasteiger partial charge on any atom is -0.466 e. The summed E-state index contributed by atoms with van der Waals surface area (Å²) in [5, 5.41) is 0. The number of carbonyl (C=O) groups excluding carboxylic acids is 1. The molecular formula is C12H15F2NO2. The topological polar surface area (TPSA) is 52.3 Å². The zero-order valence-corrected chi connectivity index (χ0v) is 9.53. The maximum atomic E-state index is 12.3. The van der Waals surface area contributed by atoms with E-state index in [1.165, 1.54) is 24.3 Å². The molecule has 0 aromatic heterocycles. The largest absolute Gasteiger partial charge is 0.466 e. The first-order valence-corrected chi connectivity index (χ1v) is 5.33. The van der Waals surface area contributed by atoms with Gasteiger partial charge in [0.15, 0.2) is 0 Å². The zero-order chi connectivity index (χ0) is 12.8. The van der Waals surface area contributed by atoms with Gasteiger partial charge in [-0.3, -0.25) is 4.79 Å². The third kappa shape index (κ3) is 4.11. The fraction of sp³-hybridized carbons (Fsp3) is 0.417. The standard InChI is InChI=1S/C12H15F2NO2/c1-2-17-11(16)7-10(15)8-3-5-9(6-4-8)12(13)14/h3-6,10,12H,2,7,15H2,1H3. The van der Waals surface area contributed by atoms with E-state index in [-0.39, 0.29) is 12.0 Å². The van der Waals surface area contributed by atoms with Crippen molar-refractivity contribution in [2.24, 2.45) is 5.73 Å². The van der Waals surface area contributed by atoms with Gasteiger partial charge < -0.3 is 10.5 Å². The van der Waals surface area contributed by atoms with Crippen molar-refractivity contribution >= 4 is 5.97 Å². The number of alkyl halides is 2. The van der Waals surface area contributed by atoms with E-state index in [4.69, 9.17) is 10.5 Å². The van der Waals surface area contributed by atoms with Gasteiger partial charge >= 0.3 is 5.97 Å². The van der Waals surface area contributed by atoms with Crippen LogP contribution in [-0.2, 0) is 9.53 Å². The smallest absolute Gasteiger partial charge is 0.307 e. The molecule has 0 saturated heterocycles. The van der Waals surface area contributed by atoms with Gasteiger partial charge in [0.1, 0.15) is 0 Å². The Balaban J connectivity index is 2.63. The number of rotatable bonds is 5. The molecular weight excluding hydrogens is 228 g/mol. The first kappa shape index (κ1) is 13.6. The molecule has 0 bridgehead atoms. The molecule has 3 nitrogen and oxygen atoms in total. The molecule has 5 heteroatoms. The normalized spacial score (nSPS) is 12.5. The first-order valence-electron chi connectivity index (χ1n) is 5.33. The van der Waals surface area contributed by atoms with Crippen molar-refractivity contribution < 1.29 is 18.3 Å². The Labute approximate surface area is 98.6 Å². The molecule has 0 aliphatic carbocycles. The SMILES string of the molecule is CCOC(=O)CC(N)c1ccc(C(F)F)cc1. The molecule has 1 unspecified atom stereocenters. The van der Waals surface area contributed by atoms with Crippen LogP contribution in [0.1, 0.15) is 36.9 Å². The Hall–Kier alpha value is -1.49. The molecule has 0 heterocycles. The van der Waals surface area contributed by atoms with Crippen molar-refractivity contribution in [1.82, 2.24) is 0 Å². The highest BCUT2D eigenvalue weighted by atomic mass is 19.3. The van der Waals surface area contributed by atoms with Crippen molar-refractivity contribution in [2.45, 2.75) is 25.8 Å². The molecule has 1 aromatic rings. The van der Waals surface area contributed by atoms with Crippen molar-refractivity contribution in [3.05, 3.63) is 35.4 Å². The molecule has 0 amide bonds. The number of halogens is 2. The summed E-state index contributed by atoms with van der Waals surface area (Å²) < 4.78 is 29.4. The van der Waals surface area contributed by atoms with Crippen LogP contribution in [0.4, 0.5) is 8.78 Å². The van der Waals surface area contributed by atoms with E-state index in [9.17, 15) is 13.6 Å². The van der Waals surface area contributed by atoms with Gasteiger partial charge in [-0.15, -0.1) is 0 Å². The Morgan fingerprint density at radius 3 is 2.29 bits per heavy atom. The van der Waals surface area contributed by atoms with Gasteiger partial charge in [0.05, 0.1) is 13.0 Å². The van der Waals surface area contributed by atoms with Gasteiger partial charge in [-0.2, -0.15) is 0 Å². The number of ether oxygens (including phenoxy) is 1. The van der Waals surface area contributed by atoms with E-state index in [1.54, 1.807) is 6.92 Å². The molecule has 94 valence electrons. The Kier molecular flexibility index (Phi) is 5.03. The summed E-state index contributed by atoms with van der Waals surface area (Å²) in [6.07, 6.45) is -2.45. The first-order chi connectivity index (χ1) is 8.04. The van der Waals surface area contributed by atoms with E-state index in [2.05, 4.69) is 0 Å². The maximum absolute atomic E-state index is 12.3. The van der Waals surface area contributed by atoms with Crippen LogP contribution >= 0.6 is 0 Å². The number of esters is 1. The minimum atomic E-state index is -2.50. The number of hydrogen-bond acceptors (Lipinski definition) is 3. The highest BCUT2D eigenvalue weighted by molar-refractivity contribution is 5.70. The van der Waals surface area contributed by atoms with Crippen molar-refractivity contribution in [2.75, 3.05) is 6.61 Å². The second kappa shape index (κ2) is 6.30. The average molecular weight is 243 g/mol. The number of benzene rings is 1. The third-order valence-electron chi connectivity index (χ3n) is 2.31. The molecule has 1 rings (SSSR count). The van der Waals surface area contributed by atoms with E-state index in [1.807, 2.05) is 0 Å². The number of nitrogens with two attached hydrogens (primary N) is 1. The highest BCUT2D eigenvalue weighted by Gasteiger charge is 2.13. The van der Waals surface area contributed by atoms with Gasteiger partial charge in [0.25, 0.3) is 6.43 Å². The molecule has 1 aromatic carbocycles. The van der Waals surface area contributed by atoms with Crippen LogP contribution in [0.15, 0.2) is 24.3 Å². The lowest BCUT2D eigenvalue weighted by Gasteiger charge is -2.11. The van der Waals surface area contributed by atoms with E-state index in [0.717, 1.165) is 0 Å². The zero-order valence-electron chi connectivity index (χ0n) is 9.53. The predicted molar refractivity (Wildman–Crippen MR) is 59.6 cm³/mol. The van der Waals surface area contributed by atoms with Crippen LogP contribution in [0.2, 0.25) is 0 Å². The molecule has 0 radical (unpaired) electrons. The van der Waals surface area contributed by atoms with Crippen LogP contribution in [-0.4, -0.2) is 12.6 Å². The maximum Gasteiger partial charge on any atom is 0.307 e. The number of carbonyl (C=O) groups is 1. The summed E-state index contributed by atoms with van der Waals surface area (Å²) in [4.78, 5) is 11.2. The molecule has 0 saturated carbocycles. The van der Waals surface area contributed by atoms with Crippen molar-refractivity contribution in [3.63, 3.8) is 0 Å². The minimum absolute atomic E-state index is 0.0435. The van der Waals surface area contributed by atoms with Crippen LogP contribution < -0.4 is 5.73 Å². The summed E-state index contributed by atoms with van der Waals surface area (Å²) in [6, 6.07) is 5.10. The van der Waals surface area contributed by atoms with Crippen LogP contribution in [0.5, 0.6) is 0 Å². The van der Waals surface area contributed by atoms with Crippen molar-refractivity contribution in [3.8, 4) is 0 Å². The Bertz CT molecular complexity index is 365. The van der Waals surface area contributed by atoms with E-state index in [0.29, 0.717) is 12.2 Å². The van der Waals surface area contributed by atoms with Crippen LogP contribution in [0, 0.1) is 0 Å². The fourth-order valence-electron chi connectivity index (χ4n) is 1.41. The van der Waals surface area contributed by atoms with Gasteiger partial charge in [0, 0.05) is 11.6 Å². The summed E-state index contributed by atoms with van der Waals surface area (Å²) >= 11 is 0. The lowest BCUT2D eigenvalue weighted by molar-refractivity contribution is -0.143. The van der Waals surface area contributed by atoms with Gasteiger partial charge in [-0.05, 0) is 12.5 Å². The van der Waals surface area contributed by atoms with E-state index >= 15 is 0 Å². The highest BCUT2D eigenvalue weighted by Crippen LogP contribution is 2.21. The second-order valence-electron chi connectivity index (χ2n) is 3.58. The molecule has 1 atom stereocenters. The second-order valence-corrected chi connectivity index (χ2v) is 3.58. The third-order valence-corrected chi connectivity index (χ3v) is 2.31. The number of hydrogen-bond donors (Lipinski definition) is 1. The lowest BCUT2D eigenvalue weighted by Crippen LogP contribution is -2.17. The Morgan fingerprint density at radius 1 is 1.29 bits per heavy atom. The molecule has 0 aliphatic rings. The summed E-state index contributed by atoms with van der Waals surface area (Å²) in [5.74, 6) is -0.391. The van der Waals surface area contributed by atoms with E-state index < -0.39 is 18.4 Å². The molecule has 2 N–H and O–H groups in total. The van der Waals surface area contributed by atoms with Crippen LogP contribution in [0.25, 0.3) is 0 Å². The lowest BCUT2D eigenvalue weighted by atomic mass is 10.0.